The molecule has 0 aliphatic carbocycles. The van der Waals surface area contributed by atoms with Crippen molar-refractivity contribution in [1.82, 2.24) is 0 Å². The highest BCUT2D eigenvalue weighted by molar-refractivity contribution is 6.76. The van der Waals surface area contributed by atoms with E-state index in [1.165, 1.54) is 11.6 Å². The van der Waals surface area contributed by atoms with E-state index in [0.717, 1.165) is 12.8 Å². The quantitative estimate of drug-likeness (QED) is 0.387. The fourth-order valence-electron chi connectivity index (χ4n) is 1.92. The smallest absolute Gasteiger partial charge is 0.108 e. The zero-order chi connectivity index (χ0) is 14.8. The Balaban J connectivity index is 2.49. The van der Waals surface area contributed by atoms with Gasteiger partial charge in [0.15, 0.2) is 0 Å². The number of ether oxygens (including phenoxy) is 1. The number of hydrogen-bond acceptors (Lipinski definition) is 1. The topological polar surface area (TPSA) is 9.23 Å². The lowest BCUT2D eigenvalue weighted by Crippen LogP contribution is -2.18. The number of hydrogen-bond donors (Lipinski definition) is 0. The normalized spacial score (nSPS) is 13.3. The van der Waals surface area contributed by atoms with Crippen molar-refractivity contribution in [3.05, 3.63) is 48.0 Å². The molecular formula is C18H26OSi. The molecule has 1 nitrogen and oxygen atoms in total. The van der Waals surface area contributed by atoms with Crippen LogP contribution in [0.1, 0.15) is 12.0 Å². The van der Waals surface area contributed by atoms with Gasteiger partial charge in [-0.3, -0.25) is 0 Å². The van der Waals surface area contributed by atoms with E-state index in [0.29, 0.717) is 6.61 Å². The standard InChI is InChI=1S/C18H26OSi/c1-5-15-19-18(12-9-16-20(2,3)4)14-13-17-10-7-6-8-11-17/h1,6-12,18H,13-16H2,2-4H3/b12-9+. The monoisotopic (exact) mass is 286 g/mol. The summed E-state index contributed by atoms with van der Waals surface area (Å²) in [4.78, 5) is 0. The Kier molecular flexibility index (Phi) is 7.36. The molecule has 20 heavy (non-hydrogen) atoms. The lowest BCUT2D eigenvalue weighted by molar-refractivity contribution is 0.107. The van der Waals surface area contributed by atoms with Crippen molar-refractivity contribution in [2.75, 3.05) is 6.61 Å². The second kappa shape index (κ2) is 8.79. The van der Waals surface area contributed by atoms with Crippen molar-refractivity contribution in [3.8, 4) is 12.3 Å². The average molecular weight is 286 g/mol. The van der Waals surface area contributed by atoms with Crippen molar-refractivity contribution < 1.29 is 4.74 Å². The first-order valence-corrected chi connectivity index (χ1v) is 11.0. The van der Waals surface area contributed by atoms with Crippen LogP contribution < -0.4 is 0 Å². The average Bonchev–Trinajstić information content (AvgIpc) is 2.41. The van der Waals surface area contributed by atoms with Crippen LogP contribution in [0.4, 0.5) is 0 Å². The molecule has 0 fully saturated rings. The van der Waals surface area contributed by atoms with Gasteiger partial charge in [-0.2, -0.15) is 0 Å². The van der Waals surface area contributed by atoms with Gasteiger partial charge in [0, 0.05) is 8.07 Å². The maximum atomic E-state index is 5.72. The maximum absolute atomic E-state index is 5.72. The third kappa shape index (κ3) is 7.99. The fourth-order valence-corrected chi connectivity index (χ4v) is 2.76. The highest BCUT2D eigenvalue weighted by Crippen LogP contribution is 2.12. The molecule has 0 spiro atoms. The molecule has 1 unspecified atom stereocenters. The molecule has 0 bridgehead atoms. The van der Waals surface area contributed by atoms with Crippen LogP contribution >= 0.6 is 0 Å². The molecule has 0 aliphatic heterocycles. The lowest BCUT2D eigenvalue weighted by Gasteiger charge is -2.15. The Bertz CT molecular complexity index is 437. The molecule has 108 valence electrons. The second-order valence-corrected chi connectivity index (χ2v) is 11.8. The highest BCUT2D eigenvalue weighted by Gasteiger charge is 2.11. The summed E-state index contributed by atoms with van der Waals surface area (Å²) < 4.78 is 5.72. The van der Waals surface area contributed by atoms with Crippen LogP contribution in [0.5, 0.6) is 0 Å². The van der Waals surface area contributed by atoms with Crippen LogP contribution in [-0.4, -0.2) is 20.8 Å². The van der Waals surface area contributed by atoms with Gasteiger partial charge >= 0.3 is 0 Å². The third-order valence-corrected chi connectivity index (χ3v) is 4.48. The van der Waals surface area contributed by atoms with E-state index < -0.39 is 8.07 Å². The molecule has 0 amide bonds. The van der Waals surface area contributed by atoms with Gasteiger partial charge < -0.3 is 4.74 Å². The SMILES string of the molecule is C#CCOC(/C=C/C[Si](C)(C)C)CCc1ccccc1. The van der Waals surface area contributed by atoms with Gasteiger partial charge in [0.25, 0.3) is 0 Å². The van der Waals surface area contributed by atoms with Gasteiger partial charge in [0.1, 0.15) is 6.61 Å². The minimum Gasteiger partial charge on any atom is -0.361 e. The Morgan fingerprint density at radius 1 is 1.25 bits per heavy atom. The van der Waals surface area contributed by atoms with Crippen LogP contribution in [0, 0.1) is 12.3 Å². The highest BCUT2D eigenvalue weighted by atomic mass is 28.3. The minimum atomic E-state index is -1.02. The van der Waals surface area contributed by atoms with E-state index >= 15 is 0 Å². The van der Waals surface area contributed by atoms with Crippen LogP contribution in [0.15, 0.2) is 42.5 Å². The summed E-state index contributed by atoms with van der Waals surface area (Å²) in [5.41, 5.74) is 1.35. The molecule has 1 rings (SSSR count). The fraction of sp³-hybridized carbons (Fsp3) is 0.444. The van der Waals surface area contributed by atoms with Crippen LogP contribution in [0.2, 0.25) is 25.7 Å². The number of aryl methyl sites for hydroxylation is 1. The van der Waals surface area contributed by atoms with E-state index in [4.69, 9.17) is 11.2 Å². The molecule has 0 radical (unpaired) electrons. The first kappa shape index (κ1) is 16.8. The van der Waals surface area contributed by atoms with Crippen molar-refractivity contribution in [1.29, 1.82) is 0 Å². The third-order valence-electron chi connectivity index (χ3n) is 3.02. The lowest BCUT2D eigenvalue weighted by atomic mass is 10.1. The van der Waals surface area contributed by atoms with E-state index in [2.05, 4.69) is 62.0 Å². The molecule has 0 aliphatic rings. The molecule has 0 aromatic heterocycles. The number of terminal acetylenes is 1. The molecule has 1 atom stereocenters. The van der Waals surface area contributed by atoms with Crippen molar-refractivity contribution in [2.45, 2.75) is 44.6 Å². The Labute approximate surface area is 125 Å². The zero-order valence-corrected chi connectivity index (χ0v) is 13.9. The van der Waals surface area contributed by atoms with E-state index in [9.17, 15) is 0 Å². The van der Waals surface area contributed by atoms with Crippen molar-refractivity contribution in [3.63, 3.8) is 0 Å². The summed E-state index contributed by atoms with van der Waals surface area (Å²) in [7, 11) is -1.02. The van der Waals surface area contributed by atoms with Crippen LogP contribution in [0.25, 0.3) is 0 Å². The summed E-state index contributed by atoms with van der Waals surface area (Å²) in [6.07, 6.45) is 11.9. The summed E-state index contributed by atoms with van der Waals surface area (Å²) in [6, 6.07) is 11.7. The number of benzene rings is 1. The largest absolute Gasteiger partial charge is 0.361 e. The van der Waals surface area contributed by atoms with Crippen LogP contribution in [0.3, 0.4) is 0 Å². The van der Waals surface area contributed by atoms with Gasteiger partial charge in [-0.25, -0.2) is 0 Å². The minimum absolute atomic E-state index is 0.127. The van der Waals surface area contributed by atoms with Gasteiger partial charge in [0.2, 0.25) is 0 Å². The molecular weight excluding hydrogens is 260 g/mol. The summed E-state index contributed by atoms with van der Waals surface area (Å²) in [5.74, 6) is 2.56. The van der Waals surface area contributed by atoms with Gasteiger partial charge in [-0.1, -0.05) is 68.0 Å². The van der Waals surface area contributed by atoms with Crippen molar-refractivity contribution in [2.24, 2.45) is 0 Å². The molecule has 0 N–H and O–H groups in total. The Morgan fingerprint density at radius 3 is 2.55 bits per heavy atom. The van der Waals surface area contributed by atoms with Gasteiger partial charge in [-0.15, -0.1) is 6.42 Å². The first-order chi connectivity index (χ1) is 9.51. The molecule has 1 aromatic rings. The molecule has 0 heterocycles. The second-order valence-electron chi connectivity index (χ2n) is 6.27. The number of rotatable bonds is 8. The summed E-state index contributed by atoms with van der Waals surface area (Å²) in [5, 5.41) is 0. The Morgan fingerprint density at radius 2 is 1.95 bits per heavy atom. The van der Waals surface area contributed by atoms with Gasteiger partial charge in [0.05, 0.1) is 6.10 Å². The molecule has 0 saturated heterocycles. The predicted molar refractivity (Wildman–Crippen MR) is 90.6 cm³/mol. The first-order valence-electron chi connectivity index (χ1n) is 7.27. The van der Waals surface area contributed by atoms with Crippen molar-refractivity contribution >= 4 is 8.07 Å². The number of allylic oxidation sites excluding steroid dienone is 1. The predicted octanol–water partition coefficient (Wildman–Crippen LogP) is 4.53. The summed E-state index contributed by atoms with van der Waals surface area (Å²) in [6.45, 7) is 7.51. The van der Waals surface area contributed by atoms with Gasteiger partial charge in [-0.05, 0) is 24.4 Å². The van der Waals surface area contributed by atoms with E-state index in [-0.39, 0.29) is 6.10 Å². The Hall–Kier alpha value is -1.30. The maximum Gasteiger partial charge on any atom is 0.108 e. The van der Waals surface area contributed by atoms with E-state index in [1.807, 2.05) is 6.07 Å². The zero-order valence-electron chi connectivity index (χ0n) is 12.9. The van der Waals surface area contributed by atoms with Crippen LogP contribution in [-0.2, 0) is 11.2 Å². The molecule has 1 aromatic carbocycles. The van der Waals surface area contributed by atoms with E-state index in [1.54, 1.807) is 0 Å². The summed E-state index contributed by atoms with van der Waals surface area (Å²) >= 11 is 0. The molecule has 0 saturated carbocycles. The molecule has 2 heteroatoms.